The van der Waals surface area contributed by atoms with Crippen molar-refractivity contribution >= 4 is 15.7 Å². The highest BCUT2D eigenvalue weighted by Crippen LogP contribution is 2.26. The number of hydrogen-bond acceptors (Lipinski definition) is 5. The van der Waals surface area contributed by atoms with Crippen LogP contribution in [-0.4, -0.2) is 79.8 Å². The third-order valence-electron chi connectivity index (χ3n) is 6.83. The number of carbonyl (C=O) groups is 1. The van der Waals surface area contributed by atoms with Gasteiger partial charge in [-0.25, -0.2) is 8.42 Å². The Morgan fingerprint density at radius 1 is 0.818 bits per heavy atom. The first kappa shape index (κ1) is 23.9. The van der Waals surface area contributed by atoms with E-state index >= 15 is 0 Å². The molecule has 0 bridgehead atoms. The minimum atomic E-state index is -3.00. The Balaban J connectivity index is 1.39. The highest BCUT2D eigenvalue weighted by Gasteiger charge is 2.35. The number of rotatable bonds is 6. The molecule has 33 heavy (non-hydrogen) atoms. The third-order valence-corrected chi connectivity index (χ3v) is 8.44. The van der Waals surface area contributed by atoms with E-state index in [1.54, 1.807) is 0 Å². The molecule has 2 aliphatic rings. The van der Waals surface area contributed by atoms with Gasteiger partial charge in [0.15, 0.2) is 9.84 Å². The molecule has 0 spiro atoms. The molecule has 0 aliphatic carbocycles. The highest BCUT2D eigenvalue weighted by molar-refractivity contribution is 7.91. The Morgan fingerprint density at radius 3 is 2.00 bits per heavy atom. The minimum absolute atomic E-state index is 0.0847. The maximum absolute atomic E-state index is 13.6. The van der Waals surface area contributed by atoms with Gasteiger partial charge in [-0.3, -0.25) is 14.6 Å². The van der Waals surface area contributed by atoms with Crippen LogP contribution in [0.1, 0.15) is 42.5 Å². The van der Waals surface area contributed by atoms with Gasteiger partial charge in [-0.2, -0.15) is 0 Å². The molecule has 2 heterocycles. The van der Waals surface area contributed by atoms with E-state index in [0.717, 1.165) is 25.2 Å². The topological polar surface area (TPSA) is 60.9 Å². The van der Waals surface area contributed by atoms with Crippen LogP contribution in [0.15, 0.2) is 54.6 Å². The first-order valence-electron chi connectivity index (χ1n) is 11.9. The van der Waals surface area contributed by atoms with Gasteiger partial charge in [-0.05, 0) is 22.6 Å². The second kappa shape index (κ2) is 10.4. The zero-order chi connectivity index (χ0) is 23.4. The normalized spacial score (nSPS) is 20.6. The average Bonchev–Trinajstić information content (AvgIpc) is 2.82. The summed E-state index contributed by atoms with van der Waals surface area (Å²) in [6.07, 6.45) is 0. The zero-order valence-electron chi connectivity index (χ0n) is 19.7. The summed E-state index contributed by atoms with van der Waals surface area (Å²) in [5, 5.41) is 0. The largest absolute Gasteiger partial charge is 0.338 e. The summed E-state index contributed by atoms with van der Waals surface area (Å²) in [4.78, 5) is 20.0. The first-order chi connectivity index (χ1) is 15.8. The van der Waals surface area contributed by atoms with Gasteiger partial charge in [0.05, 0.1) is 11.5 Å². The first-order valence-corrected chi connectivity index (χ1v) is 13.7. The fraction of sp³-hybridized carbons (Fsp3) is 0.500. The second-order valence-electron chi connectivity index (χ2n) is 9.50. The molecule has 1 atom stereocenters. The van der Waals surface area contributed by atoms with Crippen LogP contribution >= 0.6 is 0 Å². The second-order valence-corrected chi connectivity index (χ2v) is 11.8. The van der Waals surface area contributed by atoms with Gasteiger partial charge in [0, 0.05) is 45.8 Å². The van der Waals surface area contributed by atoms with Gasteiger partial charge in [-0.1, -0.05) is 68.4 Å². The molecular formula is C26H35N3O3S. The minimum Gasteiger partial charge on any atom is -0.338 e. The van der Waals surface area contributed by atoms with Crippen molar-refractivity contribution in [2.75, 3.05) is 50.8 Å². The summed E-state index contributed by atoms with van der Waals surface area (Å²) >= 11 is 0. The molecule has 0 aromatic heterocycles. The smallest absolute Gasteiger partial charge is 0.244 e. The summed E-state index contributed by atoms with van der Waals surface area (Å²) in [6, 6.07) is 18.2. The number of amides is 1. The van der Waals surface area contributed by atoms with Gasteiger partial charge in [0.25, 0.3) is 0 Å². The van der Waals surface area contributed by atoms with Gasteiger partial charge < -0.3 is 4.90 Å². The number of nitrogens with zero attached hydrogens (tertiary/aromatic N) is 3. The van der Waals surface area contributed by atoms with Crippen LogP contribution in [0.25, 0.3) is 0 Å². The van der Waals surface area contributed by atoms with E-state index in [2.05, 4.69) is 43.0 Å². The molecule has 1 unspecified atom stereocenters. The molecule has 7 heteroatoms. The lowest BCUT2D eigenvalue weighted by atomic mass is 10.0. The lowest BCUT2D eigenvalue weighted by Gasteiger charge is -2.40. The number of sulfone groups is 1. The summed E-state index contributed by atoms with van der Waals surface area (Å²) in [5.74, 6) is 0.854. The Hall–Kier alpha value is -2.22. The Labute approximate surface area is 198 Å². The fourth-order valence-electron chi connectivity index (χ4n) is 4.70. The van der Waals surface area contributed by atoms with Gasteiger partial charge in [0.2, 0.25) is 5.91 Å². The van der Waals surface area contributed by atoms with Crippen LogP contribution in [0.4, 0.5) is 0 Å². The van der Waals surface area contributed by atoms with Crippen molar-refractivity contribution in [3.63, 3.8) is 0 Å². The van der Waals surface area contributed by atoms with E-state index in [9.17, 15) is 13.2 Å². The molecule has 4 rings (SSSR count). The van der Waals surface area contributed by atoms with Crippen LogP contribution < -0.4 is 0 Å². The summed E-state index contributed by atoms with van der Waals surface area (Å²) in [6.45, 7) is 9.18. The summed E-state index contributed by atoms with van der Waals surface area (Å²) in [5.41, 5.74) is 3.59. The third kappa shape index (κ3) is 6.02. The zero-order valence-corrected chi connectivity index (χ0v) is 20.5. The Morgan fingerprint density at radius 2 is 1.42 bits per heavy atom. The fourth-order valence-corrected chi connectivity index (χ4v) is 5.92. The van der Waals surface area contributed by atoms with Crippen LogP contribution in [0.5, 0.6) is 0 Å². The van der Waals surface area contributed by atoms with E-state index in [0.29, 0.717) is 32.1 Å². The number of carbonyl (C=O) groups excluding carboxylic acids is 1. The van der Waals surface area contributed by atoms with Crippen molar-refractivity contribution < 1.29 is 13.2 Å². The molecule has 6 nitrogen and oxygen atoms in total. The van der Waals surface area contributed by atoms with E-state index in [1.165, 1.54) is 11.1 Å². The average molecular weight is 470 g/mol. The van der Waals surface area contributed by atoms with E-state index in [-0.39, 0.29) is 17.4 Å². The van der Waals surface area contributed by atoms with Crippen molar-refractivity contribution in [1.29, 1.82) is 0 Å². The lowest BCUT2D eigenvalue weighted by molar-refractivity contribution is -0.139. The molecule has 2 aromatic rings. The van der Waals surface area contributed by atoms with Crippen molar-refractivity contribution in [3.05, 3.63) is 71.3 Å². The molecule has 0 radical (unpaired) electrons. The molecule has 2 fully saturated rings. The SMILES string of the molecule is CC(C)c1ccc(CN2CCN(C(=O)C(c3ccccc3)N3CCS(=O)(=O)CC3)CC2)cc1. The van der Waals surface area contributed by atoms with Gasteiger partial charge in [0.1, 0.15) is 6.04 Å². The van der Waals surface area contributed by atoms with E-state index in [4.69, 9.17) is 0 Å². The van der Waals surface area contributed by atoms with Gasteiger partial charge >= 0.3 is 0 Å². The maximum Gasteiger partial charge on any atom is 0.244 e. The van der Waals surface area contributed by atoms with E-state index in [1.807, 2.05) is 40.1 Å². The molecule has 1 amide bonds. The highest BCUT2D eigenvalue weighted by atomic mass is 32.2. The van der Waals surface area contributed by atoms with Crippen molar-refractivity contribution in [2.24, 2.45) is 0 Å². The molecule has 2 aliphatic heterocycles. The monoisotopic (exact) mass is 469 g/mol. The Bertz CT molecular complexity index is 1020. The maximum atomic E-state index is 13.6. The molecular weight excluding hydrogens is 434 g/mol. The van der Waals surface area contributed by atoms with Crippen LogP contribution in [-0.2, 0) is 21.2 Å². The predicted molar refractivity (Wildman–Crippen MR) is 132 cm³/mol. The van der Waals surface area contributed by atoms with Crippen molar-refractivity contribution in [2.45, 2.75) is 32.4 Å². The molecule has 2 saturated heterocycles. The van der Waals surface area contributed by atoms with Crippen LogP contribution in [0.3, 0.4) is 0 Å². The quantitative estimate of drug-likeness (QED) is 0.651. The van der Waals surface area contributed by atoms with Crippen molar-refractivity contribution in [1.82, 2.24) is 14.7 Å². The molecule has 178 valence electrons. The molecule has 0 N–H and O–H groups in total. The van der Waals surface area contributed by atoms with Crippen LogP contribution in [0, 0.1) is 0 Å². The van der Waals surface area contributed by atoms with E-state index < -0.39 is 15.9 Å². The van der Waals surface area contributed by atoms with Crippen molar-refractivity contribution in [3.8, 4) is 0 Å². The summed E-state index contributed by atoms with van der Waals surface area (Å²) in [7, 11) is -3.00. The predicted octanol–water partition coefficient (Wildman–Crippen LogP) is 2.93. The number of benzene rings is 2. The Kier molecular flexibility index (Phi) is 7.51. The number of piperazine rings is 1. The number of hydrogen-bond donors (Lipinski definition) is 0. The lowest BCUT2D eigenvalue weighted by Crippen LogP contribution is -2.53. The summed E-state index contributed by atoms with van der Waals surface area (Å²) < 4.78 is 23.9. The van der Waals surface area contributed by atoms with Crippen LogP contribution in [0.2, 0.25) is 0 Å². The van der Waals surface area contributed by atoms with Gasteiger partial charge in [-0.15, -0.1) is 0 Å². The molecule has 2 aromatic carbocycles. The molecule has 0 saturated carbocycles. The standard InChI is InChI=1S/C26H35N3O3S/c1-21(2)23-10-8-22(9-11-23)20-27-12-14-29(15-13-27)26(30)25(24-6-4-3-5-7-24)28-16-18-33(31,32)19-17-28/h3-11,21,25H,12-20H2,1-2H3.